The second kappa shape index (κ2) is 12.2. The van der Waals surface area contributed by atoms with Crippen molar-refractivity contribution in [3.05, 3.63) is 45.6 Å². The van der Waals surface area contributed by atoms with E-state index in [0.717, 1.165) is 30.4 Å². The van der Waals surface area contributed by atoms with Gasteiger partial charge in [0.1, 0.15) is 12.2 Å². The van der Waals surface area contributed by atoms with Crippen LogP contribution in [0.4, 0.5) is 4.79 Å². The van der Waals surface area contributed by atoms with Crippen molar-refractivity contribution < 1.29 is 33.2 Å². The Morgan fingerprint density at radius 1 is 0.872 bits per heavy atom. The van der Waals surface area contributed by atoms with Gasteiger partial charge in [0.25, 0.3) is 0 Å². The van der Waals surface area contributed by atoms with Crippen LogP contribution in [0.25, 0.3) is 11.1 Å². The molecular formula is C31H40O8. The largest absolute Gasteiger partial charge is 0.509 e. The molecule has 1 saturated carbocycles. The summed E-state index contributed by atoms with van der Waals surface area (Å²) in [6, 6.07) is 6.81. The Labute approximate surface area is 230 Å². The molecule has 0 saturated heterocycles. The smallest absolute Gasteiger partial charge is 0.493 e. The number of hydrogen-bond acceptors (Lipinski definition) is 8. The van der Waals surface area contributed by atoms with Gasteiger partial charge in [-0.05, 0) is 78.8 Å². The van der Waals surface area contributed by atoms with Gasteiger partial charge in [0, 0.05) is 11.1 Å². The van der Waals surface area contributed by atoms with Gasteiger partial charge >= 0.3 is 6.16 Å². The van der Waals surface area contributed by atoms with Crippen molar-refractivity contribution in [2.45, 2.75) is 65.1 Å². The molecule has 0 heterocycles. The van der Waals surface area contributed by atoms with Gasteiger partial charge in [-0.3, -0.25) is 4.79 Å². The fourth-order valence-corrected chi connectivity index (χ4v) is 6.07. The first-order valence-corrected chi connectivity index (χ1v) is 13.6. The Morgan fingerprint density at radius 3 is 2.23 bits per heavy atom. The number of carbonyl (C=O) groups excluding carboxylic acids is 1. The SMILES string of the molecule is COc1cc2c(c(OC)c1OC)-c1ccc(OC)c(=O)cc1[C@H](OC(=O)O[C@@H]1C[C@H](C)CC[C@H]1C(C)C)CC2. The molecule has 2 aliphatic rings. The minimum atomic E-state index is -0.718. The molecule has 212 valence electrons. The minimum absolute atomic E-state index is 0.182. The summed E-state index contributed by atoms with van der Waals surface area (Å²) in [5.41, 5.74) is 2.60. The molecule has 8 heteroatoms. The molecular weight excluding hydrogens is 500 g/mol. The standard InChI is InChI=1S/C31H40O8/c1-17(2)20-10-8-18(3)14-26(20)39-31(33)38-24-12-9-19-15-27(35-5)29(36-6)30(37-7)28(19)21-11-13-25(34-4)23(32)16-22(21)24/h11,13,15-18,20,24,26H,8-10,12,14H2,1-7H3/t18-,20+,24-,26-/m1/s1. The predicted octanol–water partition coefficient (Wildman–Crippen LogP) is 6.35. The van der Waals surface area contributed by atoms with Crippen molar-refractivity contribution in [1.82, 2.24) is 0 Å². The number of benzene rings is 1. The molecule has 8 nitrogen and oxygen atoms in total. The van der Waals surface area contributed by atoms with E-state index in [1.165, 1.54) is 13.2 Å². The lowest BCUT2D eigenvalue weighted by molar-refractivity contribution is -0.0467. The van der Waals surface area contributed by atoms with Gasteiger partial charge in [0.2, 0.25) is 11.2 Å². The normalized spacial score (nSPS) is 22.2. The Balaban J connectivity index is 1.78. The molecule has 4 atom stereocenters. The van der Waals surface area contributed by atoms with Crippen LogP contribution in [0.15, 0.2) is 29.1 Å². The van der Waals surface area contributed by atoms with Gasteiger partial charge in [-0.1, -0.05) is 27.2 Å². The molecule has 0 amide bonds. The molecule has 0 bridgehead atoms. The maximum absolute atomic E-state index is 13.2. The second-order valence-corrected chi connectivity index (χ2v) is 10.8. The van der Waals surface area contributed by atoms with Crippen molar-refractivity contribution in [2.24, 2.45) is 17.8 Å². The molecule has 0 N–H and O–H groups in total. The van der Waals surface area contributed by atoms with E-state index in [1.54, 1.807) is 33.5 Å². The first-order valence-electron chi connectivity index (χ1n) is 13.6. The van der Waals surface area contributed by atoms with Gasteiger partial charge in [-0.15, -0.1) is 0 Å². The van der Waals surface area contributed by atoms with Crippen LogP contribution in [0.1, 0.15) is 63.7 Å². The number of ether oxygens (including phenoxy) is 6. The fourth-order valence-electron chi connectivity index (χ4n) is 6.07. The van der Waals surface area contributed by atoms with Crippen molar-refractivity contribution in [3.63, 3.8) is 0 Å². The van der Waals surface area contributed by atoms with E-state index in [4.69, 9.17) is 28.4 Å². The van der Waals surface area contributed by atoms with Crippen molar-refractivity contribution in [3.8, 4) is 34.1 Å². The molecule has 0 radical (unpaired) electrons. The number of aryl methyl sites for hydroxylation is 1. The summed E-state index contributed by atoms with van der Waals surface area (Å²) in [7, 11) is 6.13. The summed E-state index contributed by atoms with van der Waals surface area (Å²) >= 11 is 0. The third-order valence-corrected chi connectivity index (χ3v) is 8.11. The third kappa shape index (κ3) is 5.80. The highest BCUT2D eigenvalue weighted by Gasteiger charge is 2.36. The summed E-state index contributed by atoms with van der Waals surface area (Å²) in [5, 5.41) is 0. The lowest BCUT2D eigenvalue weighted by Crippen LogP contribution is -2.36. The molecule has 4 rings (SSSR count). The molecule has 0 spiro atoms. The average molecular weight is 541 g/mol. The monoisotopic (exact) mass is 540 g/mol. The number of hydrogen-bond donors (Lipinski definition) is 0. The van der Waals surface area contributed by atoms with Crippen molar-refractivity contribution in [1.29, 1.82) is 0 Å². The third-order valence-electron chi connectivity index (χ3n) is 8.11. The fraction of sp³-hybridized carbons (Fsp3) is 0.548. The zero-order valence-corrected chi connectivity index (χ0v) is 24.0. The van der Waals surface area contributed by atoms with E-state index in [-0.39, 0.29) is 17.3 Å². The minimum Gasteiger partial charge on any atom is -0.493 e. The van der Waals surface area contributed by atoms with E-state index in [2.05, 4.69) is 20.8 Å². The average Bonchev–Trinajstić information content (AvgIpc) is 3.15. The van der Waals surface area contributed by atoms with Gasteiger partial charge in [0.05, 0.1) is 28.4 Å². The molecule has 0 aliphatic heterocycles. The van der Waals surface area contributed by atoms with Gasteiger partial charge in [-0.2, -0.15) is 0 Å². The van der Waals surface area contributed by atoms with Crippen LogP contribution in [0.3, 0.4) is 0 Å². The van der Waals surface area contributed by atoms with Crippen molar-refractivity contribution in [2.75, 3.05) is 28.4 Å². The Bertz CT molecular complexity index is 1250. The quantitative estimate of drug-likeness (QED) is 0.376. The lowest BCUT2D eigenvalue weighted by Gasteiger charge is -2.36. The first-order chi connectivity index (χ1) is 18.7. The Kier molecular flexibility index (Phi) is 8.93. The molecule has 2 aromatic rings. The second-order valence-electron chi connectivity index (χ2n) is 10.8. The van der Waals surface area contributed by atoms with Crippen LogP contribution in [0, 0.1) is 17.8 Å². The maximum atomic E-state index is 13.2. The van der Waals surface area contributed by atoms with Crippen LogP contribution in [-0.2, 0) is 15.9 Å². The van der Waals surface area contributed by atoms with Crippen LogP contribution < -0.4 is 24.4 Å². The lowest BCUT2D eigenvalue weighted by atomic mass is 9.75. The number of rotatable bonds is 7. The molecule has 0 aromatic heterocycles. The van der Waals surface area contributed by atoms with Crippen LogP contribution >= 0.6 is 0 Å². The molecule has 1 fully saturated rings. The van der Waals surface area contributed by atoms with E-state index >= 15 is 0 Å². The highest BCUT2D eigenvalue weighted by molar-refractivity contribution is 5.82. The van der Waals surface area contributed by atoms with E-state index < -0.39 is 12.3 Å². The van der Waals surface area contributed by atoms with Crippen LogP contribution in [-0.4, -0.2) is 40.7 Å². The molecule has 2 aliphatic carbocycles. The summed E-state index contributed by atoms with van der Waals surface area (Å²) in [4.78, 5) is 26.3. The zero-order valence-electron chi connectivity index (χ0n) is 24.0. The maximum Gasteiger partial charge on any atom is 0.509 e. The summed E-state index contributed by atoms with van der Waals surface area (Å²) in [6.07, 6.45) is 2.33. The molecule has 2 aromatic carbocycles. The number of methoxy groups -OCH3 is 4. The summed E-state index contributed by atoms with van der Waals surface area (Å²) in [5.74, 6) is 2.80. The Morgan fingerprint density at radius 2 is 1.59 bits per heavy atom. The van der Waals surface area contributed by atoms with Crippen molar-refractivity contribution >= 4 is 6.16 Å². The highest BCUT2D eigenvalue weighted by Crippen LogP contribution is 2.50. The molecule has 39 heavy (non-hydrogen) atoms. The van der Waals surface area contributed by atoms with E-state index in [0.29, 0.717) is 59.0 Å². The van der Waals surface area contributed by atoms with E-state index in [9.17, 15) is 9.59 Å². The predicted molar refractivity (Wildman–Crippen MR) is 148 cm³/mol. The molecule has 0 unspecified atom stereocenters. The Hall–Kier alpha value is -3.42. The highest BCUT2D eigenvalue weighted by atomic mass is 16.7. The summed E-state index contributed by atoms with van der Waals surface area (Å²) < 4.78 is 34.3. The van der Waals surface area contributed by atoms with Gasteiger partial charge < -0.3 is 28.4 Å². The topological polar surface area (TPSA) is 89.5 Å². The van der Waals surface area contributed by atoms with Gasteiger partial charge in [-0.25, -0.2) is 4.79 Å². The van der Waals surface area contributed by atoms with Crippen LogP contribution in [0.5, 0.6) is 23.0 Å². The first kappa shape index (κ1) is 28.6. The summed E-state index contributed by atoms with van der Waals surface area (Å²) in [6.45, 7) is 6.52. The van der Waals surface area contributed by atoms with E-state index in [1.807, 2.05) is 6.07 Å². The number of carbonyl (C=O) groups is 1. The van der Waals surface area contributed by atoms with Crippen LogP contribution in [0.2, 0.25) is 0 Å². The zero-order chi connectivity index (χ0) is 28.3. The number of fused-ring (bicyclic) bond motifs is 3. The van der Waals surface area contributed by atoms with Gasteiger partial charge in [0.15, 0.2) is 17.2 Å².